The van der Waals surface area contributed by atoms with Crippen LogP contribution in [0.5, 0.6) is 0 Å². The lowest BCUT2D eigenvalue weighted by molar-refractivity contribution is -0.121. The van der Waals surface area contributed by atoms with Crippen LogP contribution >= 0.6 is 11.3 Å². The lowest BCUT2D eigenvalue weighted by atomic mass is 10.1. The maximum absolute atomic E-state index is 11.8. The molecule has 1 aromatic rings. The van der Waals surface area contributed by atoms with Crippen molar-refractivity contribution in [2.45, 2.75) is 38.8 Å². The number of nitrogens with one attached hydrogen (secondary N) is 2. The van der Waals surface area contributed by atoms with E-state index in [0.717, 1.165) is 17.7 Å². The Morgan fingerprint density at radius 1 is 1.39 bits per heavy atom. The molecule has 0 atom stereocenters. The molecule has 2 heterocycles. The predicted molar refractivity (Wildman–Crippen MR) is 90.4 cm³/mol. The number of rotatable bonds is 7. The number of thiophene rings is 1. The van der Waals surface area contributed by atoms with E-state index in [2.05, 4.69) is 10.6 Å². The van der Waals surface area contributed by atoms with E-state index in [-0.39, 0.29) is 12.0 Å². The third-order valence-electron chi connectivity index (χ3n) is 3.85. The Kier molecular flexibility index (Phi) is 7.35. The molecule has 1 fully saturated rings. The van der Waals surface area contributed by atoms with Gasteiger partial charge in [-0.1, -0.05) is 6.07 Å². The number of hydrogen-bond acceptors (Lipinski definition) is 5. The highest BCUT2D eigenvalue weighted by molar-refractivity contribution is 7.09. The smallest absolute Gasteiger partial charge is 0.409 e. The second kappa shape index (κ2) is 9.52. The van der Waals surface area contributed by atoms with Gasteiger partial charge in [-0.15, -0.1) is 11.3 Å². The fraction of sp³-hybridized carbons (Fsp3) is 0.625. The molecule has 23 heavy (non-hydrogen) atoms. The van der Waals surface area contributed by atoms with Crippen molar-refractivity contribution in [2.75, 3.05) is 26.2 Å². The molecule has 7 heteroatoms. The number of piperidine rings is 1. The lowest BCUT2D eigenvalue weighted by Crippen LogP contribution is -2.45. The van der Waals surface area contributed by atoms with Gasteiger partial charge in [0.15, 0.2) is 0 Å². The highest BCUT2D eigenvalue weighted by Crippen LogP contribution is 2.11. The molecule has 1 saturated heterocycles. The van der Waals surface area contributed by atoms with E-state index in [4.69, 9.17) is 4.74 Å². The monoisotopic (exact) mass is 339 g/mol. The zero-order chi connectivity index (χ0) is 16.5. The molecule has 128 valence electrons. The van der Waals surface area contributed by atoms with E-state index in [1.54, 1.807) is 16.2 Å². The van der Waals surface area contributed by atoms with Crippen LogP contribution in [0.3, 0.4) is 0 Å². The molecule has 1 aromatic heterocycles. The van der Waals surface area contributed by atoms with Crippen molar-refractivity contribution in [3.63, 3.8) is 0 Å². The third kappa shape index (κ3) is 6.19. The minimum Gasteiger partial charge on any atom is -0.450 e. The van der Waals surface area contributed by atoms with Crippen molar-refractivity contribution in [1.82, 2.24) is 15.5 Å². The van der Waals surface area contributed by atoms with Gasteiger partial charge in [0.25, 0.3) is 0 Å². The van der Waals surface area contributed by atoms with Gasteiger partial charge in [-0.05, 0) is 31.2 Å². The number of ether oxygens (including phenoxy) is 1. The standard InChI is InChI=1S/C16H25N3O3S/c1-2-22-16(21)19-9-6-13(7-10-19)17-8-5-15(20)18-12-14-4-3-11-23-14/h3-4,11,13,17H,2,5-10,12H2,1H3,(H,18,20). The molecule has 0 bridgehead atoms. The summed E-state index contributed by atoms with van der Waals surface area (Å²) in [7, 11) is 0. The topological polar surface area (TPSA) is 70.7 Å². The summed E-state index contributed by atoms with van der Waals surface area (Å²) in [6, 6.07) is 4.36. The van der Waals surface area contributed by atoms with Crippen LogP contribution in [0.1, 0.15) is 31.1 Å². The van der Waals surface area contributed by atoms with Crippen molar-refractivity contribution in [3.05, 3.63) is 22.4 Å². The summed E-state index contributed by atoms with van der Waals surface area (Å²) in [4.78, 5) is 26.3. The van der Waals surface area contributed by atoms with Gasteiger partial charge in [-0.25, -0.2) is 4.79 Å². The molecule has 0 aliphatic carbocycles. The van der Waals surface area contributed by atoms with Gasteiger partial charge in [0, 0.05) is 37.0 Å². The number of nitrogens with zero attached hydrogens (tertiary/aromatic N) is 1. The van der Waals surface area contributed by atoms with E-state index in [1.807, 2.05) is 24.4 Å². The molecular formula is C16H25N3O3S. The van der Waals surface area contributed by atoms with Crippen LogP contribution in [0.15, 0.2) is 17.5 Å². The molecule has 0 saturated carbocycles. The number of likely N-dealkylation sites (tertiary alicyclic amines) is 1. The Hall–Kier alpha value is -1.60. The fourth-order valence-corrected chi connectivity index (χ4v) is 3.20. The summed E-state index contributed by atoms with van der Waals surface area (Å²) in [5.41, 5.74) is 0. The third-order valence-corrected chi connectivity index (χ3v) is 4.72. The normalized spacial score (nSPS) is 15.4. The van der Waals surface area contributed by atoms with Gasteiger partial charge in [-0.3, -0.25) is 4.79 Å². The average Bonchev–Trinajstić information content (AvgIpc) is 3.07. The van der Waals surface area contributed by atoms with E-state index in [0.29, 0.717) is 45.2 Å². The highest BCUT2D eigenvalue weighted by atomic mass is 32.1. The largest absolute Gasteiger partial charge is 0.450 e. The molecule has 0 radical (unpaired) electrons. The van der Waals surface area contributed by atoms with E-state index in [1.165, 1.54) is 0 Å². The molecule has 2 rings (SSSR count). The second-order valence-electron chi connectivity index (χ2n) is 5.52. The second-order valence-corrected chi connectivity index (χ2v) is 6.55. The van der Waals surface area contributed by atoms with Crippen LogP contribution in [-0.4, -0.2) is 49.2 Å². The van der Waals surface area contributed by atoms with Crippen LogP contribution in [0, 0.1) is 0 Å². The minimum atomic E-state index is -0.223. The summed E-state index contributed by atoms with van der Waals surface area (Å²) in [5.74, 6) is 0.0647. The van der Waals surface area contributed by atoms with Crippen molar-refractivity contribution in [3.8, 4) is 0 Å². The first kappa shape index (κ1) is 17.7. The number of carbonyl (C=O) groups excluding carboxylic acids is 2. The van der Waals surface area contributed by atoms with Gasteiger partial charge >= 0.3 is 6.09 Å². The van der Waals surface area contributed by atoms with Gasteiger partial charge in [-0.2, -0.15) is 0 Å². The summed E-state index contributed by atoms with van der Waals surface area (Å²) in [6.45, 7) is 4.92. The Bertz CT molecular complexity index is 485. The maximum atomic E-state index is 11.8. The molecule has 6 nitrogen and oxygen atoms in total. The molecule has 2 N–H and O–H groups in total. The minimum absolute atomic E-state index is 0.0647. The fourth-order valence-electron chi connectivity index (χ4n) is 2.56. The highest BCUT2D eigenvalue weighted by Gasteiger charge is 2.23. The van der Waals surface area contributed by atoms with Crippen molar-refractivity contribution in [1.29, 1.82) is 0 Å². The zero-order valence-electron chi connectivity index (χ0n) is 13.5. The van der Waals surface area contributed by atoms with Crippen molar-refractivity contribution in [2.24, 2.45) is 0 Å². The van der Waals surface area contributed by atoms with E-state index < -0.39 is 0 Å². The summed E-state index contributed by atoms with van der Waals surface area (Å²) in [6.07, 6.45) is 2.05. The Labute approximate surface area is 141 Å². The SMILES string of the molecule is CCOC(=O)N1CCC(NCCC(=O)NCc2cccs2)CC1. The first-order chi connectivity index (χ1) is 11.2. The Morgan fingerprint density at radius 3 is 2.83 bits per heavy atom. The van der Waals surface area contributed by atoms with Gasteiger partial charge in [0.2, 0.25) is 5.91 Å². The molecule has 0 aromatic carbocycles. The van der Waals surface area contributed by atoms with Crippen LogP contribution in [0.25, 0.3) is 0 Å². The number of hydrogen-bond donors (Lipinski definition) is 2. The summed E-state index contributed by atoms with van der Waals surface area (Å²) >= 11 is 1.64. The first-order valence-electron chi connectivity index (χ1n) is 8.13. The molecule has 1 aliphatic rings. The molecule has 0 spiro atoms. The summed E-state index contributed by atoms with van der Waals surface area (Å²) in [5, 5.41) is 8.33. The number of amides is 2. The first-order valence-corrected chi connectivity index (χ1v) is 9.01. The summed E-state index contributed by atoms with van der Waals surface area (Å²) < 4.78 is 5.00. The average molecular weight is 339 g/mol. The van der Waals surface area contributed by atoms with Crippen LogP contribution in [-0.2, 0) is 16.1 Å². The molecule has 0 unspecified atom stereocenters. The van der Waals surface area contributed by atoms with E-state index >= 15 is 0 Å². The maximum Gasteiger partial charge on any atom is 0.409 e. The van der Waals surface area contributed by atoms with Crippen LogP contribution in [0.4, 0.5) is 4.79 Å². The molecule has 1 aliphatic heterocycles. The van der Waals surface area contributed by atoms with E-state index in [9.17, 15) is 9.59 Å². The van der Waals surface area contributed by atoms with Crippen molar-refractivity contribution >= 4 is 23.3 Å². The Balaban J connectivity index is 1.55. The zero-order valence-corrected chi connectivity index (χ0v) is 14.4. The quantitative estimate of drug-likeness (QED) is 0.797. The predicted octanol–water partition coefficient (Wildman–Crippen LogP) is 1.96. The number of carbonyl (C=O) groups is 2. The van der Waals surface area contributed by atoms with Crippen LogP contribution < -0.4 is 10.6 Å². The van der Waals surface area contributed by atoms with Gasteiger partial charge in [0.1, 0.15) is 0 Å². The molecular weight excluding hydrogens is 314 g/mol. The Morgan fingerprint density at radius 2 is 2.17 bits per heavy atom. The van der Waals surface area contributed by atoms with Gasteiger partial charge in [0.05, 0.1) is 13.2 Å². The van der Waals surface area contributed by atoms with Crippen LogP contribution in [0.2, 0.25) is 0 Å². The van der Waals surface area contributed by atoms with Crippen molar-refractivity contribution < 1.29 is 14.3 Å². The van der Waals surface area contributed by atoms with Gasteiger partial charge < -0.3 is 20.3 Å². The lowest BCUT2D eigenvalue weighted by Gasteiger charge is -2.31. The molecule has 2 amide bonds.